The van der Waals surface area contributed by atoms with Crippen molar-refractivity contribution in [3.8, 4) is 6.07 Å². The minimum absolute atomic E-state index is 0.656. The molecule has 0 saturated carbocycles. The van der Waals surface area contributed by atoms with Gasteiger partial charge in [-0.1, -0.05) is 72.8 Å². The molecule has 104 valence electrons. The van der Waals surface area contributed by atoms with Gasteiger partial charge in [-0.05, 0) is 16.7 Å². The fourth-order valence-corrected chi connectivity index (χ4v) is 6.58. The molecule has 1 heterocycles. The Morgan fingerprint density at radius 2 is 1.45 bits per heavy atom. The van der Waals surface area contributed by atoms with Crippen LogP contribution in [0.4, 0.5) is 0 Å². The van der Waals surface area contributed by atoms with Crippen molar-refractivity contribution in [2.45, 2.75) is 0 Å². The number of hydrogen-bond acceptors (Lipinski definition) is 1. The summed E-state index contributed by atoms with van der Waals surface area (Å²) in [5, 5.41) is 12.5. The van der Waals surface area contributed by atoms with Crippen molar-refractivity contribution in [1.82, 2.24) is 0 Å². The summed E-state index contributed by atoms with van der Waals surface area (Å²) in [5.74, 6) is 0. The lowest BCUT2D eigenvalue weighted by atomic mass is 10.3. The van der Waals surface area contributed by atoms with Crippen LogP contribution in [0.1, 0.15) is 0 Å². The first-order valence-corrected chi connectivity index (χ1v) is 8.67. The summed E-state index contributed by atoms with van der Waals surface area (Å²) in [6, 6.07) is 22.2. The SMILES string of the molecule is [C-]#[N+]C1=CC=CC(C#N)=P1(c1ccccc1)c1ccccc1. The number of benzene rings is 2. The molecule has 22 heavy (non-hydrogen) atoms. The summed E-state index contributed by atoms with van der Waals surface area (Å²) in [4.78, 5) is 3.79. The lowest BCUT2D eigenvalue weighted by Crippen LogP contribution is -2.23. The molecule has 3 rings (SSSR count). The third-order valence-corrected chi connectivity index (χ3v) is 7.77. The fourth-order valence-electron chi connectivity index (χ4n) is 2.79. The van der Waals surface area contributed by atoms with Crippen molar-refractivity contribution in [2.24, 2.45) is 0 Å². The quantitative estimate of drug-likeness (QED) is 0.614. The number of hydrogen-bond donors (Lipinski definition) is 0. The maximum atomic E-state index is 9.72. The summed E-state index contributed by atoms with van der Waals surface area (Å²) in [6.45, 7) is 5.30. The van der Waals surface area contributed by atoms with Gasteiger partial charge in [0.25, 0.3) is 0 Å². The van der Waals surface area contributed by atoms with Crippen molar-refractivity contribution in [1.29, 1.82) is 5.26 Å². The van der Waals surface area contributed by atoms with E-state index in [0.29, 0.717) is 10.7 Å². The van der Waals surface area contributed by atoms with Gasteiger partial charge in [-0.3, -0.25) is 0 Å². The van der Waals surface area contributed by atoms with Gasteiger partial charge in [0.2, 0.25) is 0 Å². The molecule has 0 bridgehead atoms. The predicted molar refractivity (Wildman–Crippen MR) is 93.5 cm³/mol. The molecule has 0 atom stereocenters. The zero-order chi connectivity index (χ0) is 15.4. The molecule has 1 aliphatic heterocycles. The van der Waals surface area contributed by atoms with Crippen molar-refractivity contribution >= 4 is 22.8 Å². The largest absolute Gasteiger partial charge is 0.237 e. The molecule has 0 aromatic heterocycles. The molecular formula is C19H13N2P. The Labute approximate surface area is 130 Å². The number of allylic oxidation sites excluding steroid dienone is 3. The van der Waals surface area contributed by atoms with Crippen LogP contribution >= 0.6 is 6.89 Å². The lowest BCUT2D eigenvalue weighted by molar-refractivity contribution is 1.55. The molecule has 1 aliphatic rings. The van der Waals surface area contributed by atoms with Crippen LogP contribution in [0.5, 0.6) is 0 Å². The topological polar surface area (TPSA) is 28.1 Å². The van der Waals surface area contributed by atoms with Crippen LogP contribution in [0.15, 0.2) is 84.3 Å². The highest BCUT2D eigenvalue weighted by Crippen LogP contribution is 2.56. The van der Waals surface area contributed by atoms with Gasteiger partial charge in [-0.25, -0.2) is 4.85 Å². The second-order valence-corrected chi connectivity index (χ2v) is 8.15. The Hall–Kier alpha value is -2.80. The van der Waals surface area contributed by atoms with Crippen LogP contribution in [0.2, 0.25) is 0 Å². The average molecular weight is 300 g/mol. The molecule has 0 spiro atoms. The molecule has 2 aromatic rings. The molecular weight excluding hydrogens is 287 g/mol. The Morgan fingerprint density at radius 1 is 0.909 bits per heavy atom. The summed E-state index contributed by atoms with van der Waals surface area (Å²) in [6.07, 6.45) is 5.50. The molecule has 0 N–H and O–H groups in total. The maximum absolute atomic E-state index is 9.72. The molecule has 2 aromatic carbocycles. The van der Waals surface area contributed by atoms with E-state index < -0.39 is 6.89 Å². The van der Waals surface area contributed by atoms with Crippen LogP contribution in [0.3, 0.4) is 0 Å². The summed E-state index contributed by atoms with van der Waals surface area (Å²) < 4.78 is 0. The minimum Gasteiger partial charge on any atom is -0.237 e. The van der Waals surface area contributed by atoms with Crippen molar-refractivity contribution < 1.29 is 0 Å². The highest BCUT2D eigenvalue weighted by atomic mass is 31.2. The standard InChI is InChI=1S/C19H13N2P/c1-21-19-14-8-13-18(15-20)22(19,16-9-4-2-5-10-16)17-11-6-3-7-12-17/h2-14H. The van der Waals surface area contributed by atoms with Crippen molar-refractivity contribution in [2.75, 3.05) is 0 Å². The summed E-state index contributed by atoms with van der Waals surface area (Å²) in [5.41, 5.74) is 0.656. The molecule has 3 heteroatoms. The fraction of sp³-hybridized carbons (Fsp3) is 0. The van der Waals surface area contributed by atoms with E-state index in [0.717, 1.165) is 10.6 Å². The van der Waals surface area contributed by atoms with Crippen molar-refractivity contribution in [3.63, 3.8) is 0 Å². The molecule has 0 saturated heterocycles. The zero-order valence-electron chi connectivity index (χ0n) is 11.8. The molecule has 2 nitrogen and oxygen atoms in total. The van der Waals surface area contributed by atoms with Crippen LogP contribution < -0.4 is 10.6 Å². The third-order valence-electron chi connectivity index (χ3n) is 3.72. The second-order valence-electron chi connectivity index (χ2n) is 4.83. The van der Waals surface area contributed by atoms with Gasteiger partial charge in [0.05, 0.1) is 17.9 Å². The van der Waals surface area contributed by atoms with E-state index in [1.165, 1.54) is 0 Å². The first-order chi connectivity index (χ1) is 10.8. The van der Waals surface area contributed by atoms with Gasteiger partial charge >= 0.3 is 0 Å². The van der Waals surface area contributed by atoms with E-state index in [4.69, 9.17) is 6.57 Å². The van der Waals surface area contributed by atoms with Crippen LogP contribution in [0.25, 0.3) is 4.85 Å². The molecule has 0 unspecified atom stereocenters. The van der Waals surface area contributed by atoms with Crippen LogP contribution in [-0.2, 0) is 0 Å². The van der Waals surface area contributed by atoms with Gasteiger partial charge < -0.3 is 0 Å². The summed E-state index contributed by atoms with van der Waals surface area (Å²) in [7, 11) is 0. The first kappa shape index (κ1) is 14.2. The molecule has 0 amide bonds. The summed E-state index contributed by atoms with van der Waals surface area (Å²) >= 11 is 0. The maximum Gasteiger partial charge on any atom is 0.195 e. The van der Waals surface area contributed by atoms with Gasteiger partial charge in [0, 0.05) is 6.89 Å². The van der Waals surface area contributed by atoms with Gasteiger partial charge in [0.15, 0.2) is 5.44 Å². The minimum atomic E-state index is -2.34. The molecule has 0 aliphatic carbocycles. The Balaban J connectivity index is 2.53. The number of nitrogens with zero attached hydrogens (tertiary/aromatic N) is 2. The van der Waals surface area contributed by atoms with E-state index in [1.54, 1.807) is 6.08 Å². The lowest BCUT2D eigenvalue weighted by Gasteiger charge is -2.29. The Morgan fingerprint density at radius 3 is 1.91 bits per heavy atom. The predicted octanol–water partition coefficient (Wildman–Crippen LogP) is 3.68. The monoisotopic (exact) mass is 300 g/mol. The van der Waals surface area contributed by atoms with E-state index >= 15 is 0 Å². The van der Waals surface area contributed by atoms with E-state index in [-0.39, 0.29) is 0 Å². The zero-order valence-corrected chi connectivity index (χ0v) is 12.7. The number of nitriles is 1. The van der Waals surface area contributed by atoms with E-state index in [1.807, 2.05) is 72.8 Å². The second kappa shape index (κ2) is 5.90. The Bertz CT molecular complexity index is 848. The van der Waals surface area contributed by atoms with Crippen molar-refractivity contribution in [3.05, 3.63) is 95.7 Å². The van der Waals surface area contributed by atoms with Gasteiger partial charge in [-0.15, -0.1) is 0 Å². The van der Waals surface area contributed by atoms with Gasteiger partial charge in [0.1, 0.15) is 0 Å². The normalized spacial score (nSPS) is 15.5. The van der Waals surface area contributed by atoms with Gasteiger partial charge in [-0.2, -0.15) is 5.26 Å². The molecule has 0 fully saturated rings. The first-order valence-electron chi connectivity index (χ1n) is 6.88. The highest BCUT2D eigenvalue weighted by molar-refractivity contribution is 7.93. The highest BCUT2D eigenvalue weighted by Gasteiger charge is 2.32. The average Bonchev–Trinajstić information content (AvgIpc) is 2.62. The van der Waals surface area contributed by atoms with E-state index in [2.05, 4.69) is 10.9 Å². The van der Waals surface area contributed by atoms with Crippen LogP contribution in [0, 0.1) is 17.9 Å². The number of rotatable bonds is 2. The Kier molecular flexibility index (Phi) is 3.80. The van der Waals surface area contributed by atoms with E-state index in [9.17, 15) is 5.26 Å². The molecule has 0 radical (unpaired) electrons. The van der Waals surface area contributed by atoms with Crippen LogP contribution in [-0.4, -0.2) is 5.29 Å². The third kappa shape index (κ3) is 2.03. The smallest absolute Gasteiger partial charge is 0.195 e.